The number of benzene rings is 4. The molecule has 4 aromatic carbocycles. The van der Waals surface area contributed by atoms with Crippen molar-refractivity contribution in [2.45, 2.75) is 102 Å². The van der Waals surface area contributed by atoms with E-state index in [2.05, 4.69) is 100 Å². The Morgan fingerprint density at radius 3 is 1.25 bits per heavy atom. The van der Waals surface area contributed by atoms with Gasteiger partial charge >= 0.3 is 36.2 Å². The number of aromatic amines is 2. The largest absolute Gasteiger partial charge is 1.00 e. The Bertz CT molecular complexity index is 3060. The number of carbonyl (C=O) groups excluding carboxylic acids is 3. The molecule has 2 amide bonds. The summed E-state index contributed by atoms with van der Waals surface area (Å²) in [4.78, 5) is 93.7. The van der Waals surface area contributed by atoms with Crippen molar-refractivity contribution in [2.75, 3.05) is 26.8 Å². The van der Waals surface area contributed by atoms with Gasteiger partial charge in [-0.3, -0.25) is 38.3 Å². The second kappa shape index (κ2) is 25.6. The Kier molecular flexibility index (Phi) is 20.4. The zero-order valence-electron chi connectivity index (χ0n) is 45.5. The number of hydrogen-bond acceptors (Lipinski definition) is 11. The average molecular weight is 1060 g/mol. The number of H-pyrrole nitrogens is 2. The van der Waals surface area contributed by atoms with Crippen LogP contribution >= 0.6 is 0 Å². The number of nitrogens with one attached hydrogen (secondary N) is 2. The number of amides is 2. The Hall–Kier alpha value is -6.37. The number of methoxy groups -OCH3 is 1. The molecule has 395 valence electrons. The molecule has 2 saturated heterocycles. The summed E-state index contributed by atoms with van der Waals surface area (Å²) in [7, 11) is -4.47. The summed E-state index contributed by atoms with van der Waals surface area (Å²) in [6, 6.07) is 42.0. The number of aliphatic hydroxyl groups is 1. The van der Waals surface area contributed by atoms with E-state index < -0.39 is 69.2 Å². The number of hydrogen-bond donors (Lipinski definition) is 3. The number of carbonyl (C=O) groups is 3. The Balaban J connectivity index is 0.000000320. The van der Waals surface area contributed by atoms with Crippen molar-refractivity contribution in [3.8, 4) is 0 Å². The van der Waals surface area contributed by atoms with Crippen LogP contribution < -0.4 is 62.1 Å². The maximum Gasteiger partial charge on any atom is 1.00 e. The van der Waals surface area contributed by atoms with Crippen LogP contribution in [-0.2, 0) is 41.1 Å². The molecular weight excluding hydrogens is 995 g/mol. The predicted molar refractivity (Wildman–Crippen MR) is 294 cm³/mol. The maximum absolute atomic E-state index is 13.4. The van der Waals surface area contributed by atoms with Gasteiger partial charge in [-0.05, 0) is 37.2 Å². The third-order valence-corrected chi connectivity index (χ3v) is 24.1. The van der Waals surface area contributed by atoms with Crippen LogP contribution in [0.5, 0.6) is 0 Å². The van der Waals surface area contributed by atoms with Crippen molar-refractivity contribution < 1.29 is 53.4 Å². The Morgan fingerprint density at radius 1 is 0.579 bits per heavy atom. The van der Waals surface area contributed by atoms with E-state index in [0.29, 0.717) is 13.0 Å². The zero-order chi connectivity index (χ0) is 53.4. The van der Waals surface area contributed by atoms with Gasteiger partial charge < -0.3 is 29.9 Å². The molecule has 2 aromatic heterocycles. The van der Waals surface area contributed by atoms with E-state index >= 15 is 0 Å². The van der Waals surface area contributed by atoms with Crippen LogP contribution in [0.3, 0.4) is 0 Å². The van der Waals surface area contributed by atoms with Crippen LogP contribution in [0.1, 0.15) is 55.8 Å². The van der Waals surface area contributed by atoms with E-state index in [4.69, 9.17) is 13.6 Å². The first kappa shape index (κ1) is 60.5. The minimum Gasteiger partial charge on any atom is -1.00 e. The molecule has 3 N–H and O–H groups in total. The van der Waals surface area contributed by atoms with Gasteiger partial charge in [0.25, 0.3) is 27.8 Å². The molecule has 21 heteroatoms. The number of aromatic nitrogens is 4. The van der Waals surface area contributed by atoms with Crippen molar-refractivity contribution >= 4 is 63.6 Å². The Labute approximate surface area is 459 Å². The van der Waals surface area contributed by atoms with E-state index in [1.807, 2.05) is 72.8 Å². The number of ether oxygens (including phenoxy) is 1. The van der Waals surface area contributed by atoms with Gasteiger partial charge in [0.05, 0.1) is 32.0 Å². The van der Waals surface area contributed by atoms with Gasteiger partial charge in [-0.15, -0.1) is 0 Å². The van der Waals surface area contributed by atoms with Gasteiger partial charge in [-0.2, -0.15) is 0 Å². The first-order chi connectivity index (χ1) is 35.2. The molecular formula is C55H67BLiN6O11Si2. The molecule has 0 saturated carbocycles. The minimum absolute atomic E-state index is 0. The summed E-state index contributed by atoms with van der Waals surface area (Å²) in [5.41, 5.74) is -2.40. The molecule has 8 rings (SSSR count). The van der Waals surface area contributed by atoms with Gasteiger partial charge in [0.1, 0.15) is 19.1 Å². The Morgan fingerprint density at radius 2 is 0.921 bits per heavy atom. The molecule has 2 fully saturated rings. The number of likely N-dealkylation sites (tertiary alicyclic amines) is 2. The topological polar surface area (TPSA) is 215 Å². The average Bonchev–Trinajstić information content (AvgIpc) is 4.02. The van der Waals surface area contributed by atoms with E-state index in [0.717, 1.165) is 29.9 Å². The summed E-state index contributed by atoms with van der Waals surface area (Å²) in [6.45, 7) is 12.8. The van der Waals surface area contributed by atoms with E-state index in [9.17, 15) is 38.7 Å². The molecule has 0 spiro atoms. The maximum atomic E-state index is 13.4. The summed E-state index contributed by atoms with van der Waals surface area (Å²) < 4.78 is 21.6. The van der Waals surface area contributed by atoms with Gasteiger partial charge in [0.2, 0.25) is 11.8 Å². The molecule has 4 heterocycles. The summed E-state index contributed by atoms with van der Waals surface area (Å²) >= 11 is 0. The fourth-order valence-corrected chi connectivity index (χ4v) is 19.8. The third kappa shape index (κ3) is 13.1. The van der Waals surface area contributed by atoms with Crippen molar-refractivity contribution in [3.63, 3.8) is 0 Å². The van der Waals surface area contributed by atoms with Crippen molar-refractivity contribution in [3.05, 3.63) is 188 Å². The molecule has 0 aliphatic carbocycles. The smallest absolute Gasteiger partial charge is 1.00 e. The summed E-state index contributed by atoms with van der Waals surface area (Å²) in [6.07, 6.45) is 2.60. The molecule has 6 aromatic rings. The second-order valence-electron chi connectivity index (χ2n) is 20.7. The number of esters is 1. The number of nitrogens with zero attached hydrogens (tertiary/aromatic N) is 4. The summed E-state index contributed by atoms with van der Waals surface area (Å²) in [5.74, 6) is -1.29. The molecule has 0 bridgehead atoms. The number of aliphatic hydroxyl groups excluding tert-OH is 1. The zero-order valence-corrected chi connectivity index (χ0v) is 46.5. The van der Waals surface area contributed by atoms with Gasteiger partial charge in [0.15, 0.2) is 0 Å². The van der Waals surface area contributed by atoms with E-state index in [-0.39, 0.29) is 83.4 Å². The molecule has 3 radical (unpaired) electrons. The van der Waals surface area contributed by atoms with Gasteiger partial charge in [0, 0.05) is 52.4 Å². The van der Waals surface area contributed by atoms with Crippen LogP contribution in [0, 0.1) is 0 Å². The SMILES string of the molecule is CC(C)(C)[Si](O[C@@H]1C[C@@H](CO)N(C(=O)Cn2ccc(=O)[nH]c2=O)C1)(c1ccccc1)c1ccccc1.COC(=O)[C@@H]1C[C@@H](O[Si](c2ccccc2)(c2ccccc2)C(C)(C)C)CN1C(=O)Cn1ccc(=O)[nH]c1=O.[B].[H-].[Li+]. The van der Waals surface area contributed by atoms with Gasteiger partial charge in [-0.1, -0.05) is 163 Å². The van der Waals surface area contributed by atoms with Crippen LogP contribution in [0.25, 0.3) is 0 Å². The van der Waals surface area contributed by atoms with E-state index in [1.54, 1.807) is 4.90 Å². The fourth-order valence-electron chi connectivity index (χ4n) is 10.4. The second-order valence-corrected chi connectivity index (χ2v) is 29.2. The fraction of sp³-hybridized carbons (Fsp3) is 0.364. The quantitative estimate of drug-likeness (QED) is 0.0896. The molecule has 17 nitrogen and oxygen atoms in total. The number of rotatable bonds is 14. The predicted octanol–water partition coefficient (Wildman–Crippen LogP) is -0.934. The first-order valence-corrected chi connectivity index (χ1v) is 28.5. The molecule has 2 aliphatic heterocycles. The third-order valence-electron chi connectivity index (χ3n) is 13.9. The standard InChI is InChI=1S/C28H33N3O6Si.C27H33N3O5Si.B.Li.H/c1-28(2,3)38(21-11-7-5-8-12-21,22-13-9-6-10-14-22)37-20-17-23(26(34)36-4)31(18-20)25(33)19-30-16-15-24(32)29-27(30)35;1-27(2,3)36(22-10-6-4-7-11-22,23-12-8-5-9-13-23)35-21-16-20(19-31)30(17-21)25(33)18-29-15-14-24(32)28-26(29)34;;;/h5-16,20,23H,17-19H2,1-4H3,(H,29,32,35);4-15,20-21,31H,16-19H2,1-3H3,(H,28,32,34);;;/q;;;+1;-1/t20-,23+;20-,21+;;;/m10.../s1. The molecule has 2 aliphatic rings. The van der Waals surface area contributed by atoms with E-state index in [1.165, 1.54) is 36.5 Å². The van der Waals surface area contributed by atoms with Gasteiger partial charge in [-0.25, -0.2) is 14.4 Å². The normalized spacial score (nSPS) is 17.6. The van der Waals surface area contributed by atoms with Crippen molar-refractivity contribution in [2.24, 2.45) is 0 Å². The van der Waals surface area contributed by atoms with Crippen LogP contribution in [0.4, 0.5) is 0 Å². The molecule has 0 unspecified atom stereocenters. The minimum atomic E-state index is -2.93. The first-order valence-electron chi connectivity index (χ1n) is 24.7. The van der Waals surface area contributed by atoms with Crippen molar-refractivity contribution in [1.82, 2.24) is 28.9 Å². The molecule has 4 atom stereocenters. The summed E-state index contributed by atoms with van der Waals surface area (Å²) in [5, 5.41) is 14.1. The molecule has 76 heavy (non-hydrogen) atoms. The van der Waals surface area contributed by atoms with Crippen molar-refractivity contribution in [1.29, 1.82) is 0 Å². The van der Waals surface area contributed by atoms with Crippen LogP contribution in [-0.4, -0.2) is 128 Å². The van der Waals surface area contributed by atoms with Crippen LogP contribution in [0.2, 0.25) is 10.1 Å². The van der Waals surface area contributed by atoms with Crippen LogP contribution in [0.15, 0.2) is 165 Å². The monoisotopic (exact) mass is 1060 g/mol.